The van der Waals surface area contributed by atoms with Crippen LogP contribution in [0.4, 0.5) is 0 Å². The van der Waals surface area contributed by atoms with Crippen LogP contribution in [-0.4, -0.2) is 30.1 Å². The molecule has 0 spiro atoms. The Kier molecular flexibility index (Phi) is 4.87. The normalized spacial score (nSPS) is 10.4. The molecule has 0 amide bonds. The highest BCUT2D eigenvalue weighted by Crippen LogP contribution is 2.18. The monoisotopic (exact) mass is 287 g/mol. The van der Waals surface area contributed by atoms with Gasteiger partial charge in [-0.1, -0.05) is 18.2 Å². The Balaban J connectivity index is 2.45. The summed E-state index contributed by atoms with van der Waals surface area (Å²) >= 11 is 0. The van der Waals surface area contributed by atoms with Crippen LogP contribution in [0, 0.1) is 0 Å². The second-order valence-electron chi connectivity index (χ2n) is 4.38. The predicted molar refractivity (Wildman–Crippen MR) is 78.0 cm³/mol. The second kappa shape index (κ2) is 6.83. The molecule has 2 aromatic rings. The van der Waals surface area contributed by atoms with E-state index >= 15 is 0 Å². The standard InChI is InChI=1S/C16H17NO4/c1-3-20-15(18)10-14-12(16(19)21-4-2)9-11-7-5-6-8-13(11)17-14/h5-9H,3-4,10H2,1-2H3. The van der Waals surface area contributed by atoms with E-state index in [0.29, 0.717) is 17.9 Å². The Bertz CT molecular complexity index is 666. The Morgan fingerprint density at radius 2 is 1.81 bits per heavy atom. The Hall–Kier alpha value is -2.43. The first-order valence-electron chi connectivity index (χ1n) is 6.87. The number of hydrogen-bond acceptors (Lipinski definition) is 5. The summed E-state index contributed by atoms with van der Waals surface area (Å²) in [5.41, 5.74) is 1.42. The van der Waals surface area contributed by atoms with Gasteiger partial charge in [-0.15, -0.1) is 0 Å². The quantitative estimate of drug-likeness (QED) is 0.791. The molecule has 21 heavy (non-hydrogen) atoms. The number of ether oxygens (including phenoxy) is 2. The van der Waals surface area contributed by atoms with Gasteiger partial charge in [0.15, 0.2) is 0 Å². The van der Waals surface area contributed by atoms with E-state index in [4.69, 9.17) is 9.47 Å². The molecule has 1 aromatic heterocycles. The summed E-state index contributed by atoms with van der Waals surface area (Å²) in [4.78, 5) is 28.1. The molecular formula is C16H17NO4. The maximum atomic E-state index is 12.0. The molecule has 5 nitrogen and oxygen atoms in total. The number of aromatic nitrogens is 1. The summed E-state index contributed by atoms with van der Waals surface area (Å²) in [6.07, 6.45) is -0.0488. The number of para-hydroxylation sites is 1. The zero-order chi connectivity index (χ0) is 15.2. The lowest BCUT2D eigenvalue weighted by atomic mass is 10.1. The molecule has 0 saturated carbocycles. The first-order chi connectivity index (χ1) is 10.2. The molecule has 0 bridgehead atoms. The smallest absolute Gasteiger partial charge is 0.340 e. The Morgan fingerprint density at radius 1 is 1.10 bits per heavy atom. The summed E-state index contributed by atoms with van der Waals surface area (Å²) in [7, 11) is 0. The van der Waals surface area contributed by atoms with Gasteiger partial charge in [0, 0.05) is 5.39 Å². The number of esters is 2. The molecule has 0 fully saturated rings. The van der Waals surface area contributed by atoms with Crippen molar-refractivity contribution in [2.45, 2.75) is 20.3 Å². The molecule has 1 aromatic carbocycles. The molecule has 0 atom stereocenters. The fraction of sp³-hybridized carbons (Fsp3) is 0.312. The molecule has 0 saturated heterocycles. The lowest BCUT2D eigenvalue weighted by Crippen LogP contribution is -2.15. The van der Waals surface area contributed by atoms with Crippen LogP contribution in [-0.2, 0) is 20.7 Å². The van der Waals surface area contributed by atoms with Gasteiger partial charge in [0.1, 0.15) is 0 Å². The van der Waals surface area contributed by atoms with Crippen molar-refractivity contribution in [1.29, 1.82) is 0 Å². The van der Waals surface area contributed by atoms with Crippen LogP contribution in [0.5, 0.6) is 0 Å². The highest BCUT2D eigenvalue weighted by molar-refractivity contribution is 5.96. The molecule has 0 unspecified atom stereocenters. The van der Waals surface area contributed by atoms with Crippen LogP contribution in [0.25, 0.3) is 10.9 Å². The number of carbonyl (C=O) groups is 2. The third-order valence-electron chi connectivity index (χ3n) is 2.92. The van der Waals surface area contributed by atoms with Gasteiger partial charge in [0.2, 0.25) is 0 Å². The molecular weight excluding hydrogens is 270 g/mol. The minimum absolute atomic E-state index is 0.0488. The fourth-order valence-corrected chi connectivity index (χ4v) is 2.02. The molecule has 110 valence electrons. The number of benzene rings is 1. The van der Waals surface area contributed by atoms with Gasteiger partial charge in [-0.05, 0) is 26.0 Å². The van der Waals surface area contributed by atoms with Gasteiger partial charge in [-0.2, -0.15) is 0 Å². The first kappa shape index (κ1) is 15.0. The molecule has 0 aliphatic carbocycles. The Morgan fingerprint density at radius 3 is 2.52 bits per heavy atom. The summed E-state index contributed by atoms with van der Waals surface area (Å²) < 4.78 is 9.95. The average molecular weight is 287 g/mol. The van der Waals surface area contributed by atoms with Crippen molar-refractivity contribution < 1.29 is 19.1 Å². The van der Waals surface area contributed by atoms with Gasteiger partial charge in [0.25, 0.3) is 0 Å². The van der Waals surface area contributed by atoms with Crippen molar-refractivity contribution in [2.24, 2.45) is 0 Å². The zero-order valence-electron chi connectivity index (χ0n) is 12.1. The predicted octanol–water partition coefficient (Wildman–Crippen LogP) is 2.52. The van der Waals surface area contributed by atoms with E-state index in [1.165, 1.54) is 0 Å². The van der Waals surface area contributed by atoms with E-state index in [0.717, 1.165) is 10.9 Å². The van der Waals surface area contributed by atoms with E-state index in [1.54, 1.807) is 19.9 Å². The van der Waals surface area contributed by atoms with Crippen molar-refractivity contribution >= 4 is 22.8 Å². The molecule has 0 radical (unpaired) electrons. The summed E-state index contributed by atoms with van der Waals surface area (Å²) in [5, 5.41) is 0.827. The van der Waals surface area contributed by atoms with Crippen molar-refractivity contribution in [2.75, 3.05) is 13.2 Å². The van der Waals surface area contributed by atoms with Crippen LogP contribution >= 0.6 is 0 Å². The van der Waals surface area contributed by atoms with Crippen molar-refractivity contribution in [1.82, 2.24) is 4.98 Å². The zero-order valence-corrected chi connectivity index (χ0v) is 12.1. The molecule has 0 N–H and O–H groups in total. The van der Waals surface area contributed by atoms with Crippen LogP contribution < -0.4 is 0 Å². The molecule has 5 heteroatoms. The summed E-state index contributed by atoms with van der Waals surface area (Å²) in [6, 6.07) is 9.12. The van der Waals surface area contributed by atoms with E-state index in [9.17, 15) is 9.59 Å². The van der Waals surface area contributed by atoms with Gasteiger partial charge in [-0.25, -0.2) is 4.79 Å². The van der Waals surface area contributed by atoms with Gasteiger partial charge >= 0.3 is 11.9 Å². The molecule has 1 heterocycles. The largest absolute Gasteiger partial charge is 0.466 e. The minimum Gasteiger partial charge on any atom is -0.466 e. The lowest BCUT2D eigenvalue weighted by Gasteiger charge is -2.09. The number of rotatable bonds is 5. The number of fused-ring (bicyclic) bond motifs is 1. The molecule has 0 aliphatic heterocycles. The molecule has 0 aliphatic rings. The highest BCUT2D eigenvalue weighted by atomic mass is 16.5. The number of pyridine rings is 1. The van der Waals surface area contributed by atoms with E-state index in [1.807, 2.05) is 24.3 Å². The summed E-state index contributed by atoms with van der Waals surface area (Å²) in [6.45, 7) is 4.03. The lowest BCUT2D eigenvalue weighted by molar-refractivity contribution is -0.142. The maximum absolute atomic E-state index is 12.0. The topological polar surface area (TPSA) is 65.5 Å². The van der Waals surface area contributed by atoms with Crippen molar-refractivity contribution in [3.63, 3.8) is 0 Å². The summed E-state index contributed by atoms with van der Waals surface area (Å²) in [5.74, 6) is -0.888. The SMILES string of the molecule is CCOC(=O)Cc1nc2ccccc2cc1C(=O)OCC. The number of nitrogens with zero attached hydrogens (tertiary/aromatic N) is 1. The Labute approximate surface area is 122 Å². The maximum Gasteiger partial charge on any atom is 0.340 e. The van der Waals surface area contributed by atoms with E-state index < -0.39 is 11.9 Å². The van der Waals surface area contributed by atoms with Crippen molar-refractivity contribution in [3.05, 3.63) is 41.6 Å². The minimum atomic E-state index is -0.477. The van der Waals surface area contributed by atoms with Gasteiger partial charge < -0.3 is 9.47 Å². The van der Waals surface area contributed by atoms with Gasteiger partial charge in [0.05, 0.1) is 36.4 Å². The van der Waals surface area contributed by atoms with Crippen LogP contribution in [0.3, 0.4) is 0 Å². The third-order valence-corrected chi connectivity index (χ3v) is 2.92. The van der Waals surface area contributed by atoms with Gasteiger partial charge in [-0.3, -0.25) is 9.78 Å². The fourth-order valence-electron chi connectivity index (χ4n) is 2.02. The second-order valence-corrected chi connectivity index (χ2v) is 4.38. The molecule has 2 rings (SSSR count). The van der Waals surface area contributed by atoms with Crippen LogP contribution in [0.15, 0.2) is 30.3 Å². The number of hydrogen-bond donors (Lipinski definition) is 0. The van der Waals surface area contributed by atoms with Crippen molar-refractivity contribution in [3.8, 4) is 0 Å². The third kappa shape index (κ3) is 3.56. The van der Waals surface area contributed by atoms with E-state index in [-0.39, 0.29) is 13.0 Å². The highest BCUT2D eigenvalue weighted by Gasteiger charge is 2.18. The van der Waals surface area contributed by atoms with E-state index in [2.05, 4.69) is 4.98 Å². The first-order valence-corrected chi connectivity index (χ1v) is 6.87. The number of carbonyl (C=O) groups excluding carboxylic acids is 2. The average Bonchev–Trinajstić information content (AvgIpc) is 2.47. The van der Waals surface area contributed by atoms with Crippen LogP contribution in [0.1, 0.15) is 29.9 Å². The van der Waals surface area contributed by atoms with Crippen LogP contribution in [0.2, 0.25) is 0 Å².